The highest BCUT2D eigenvalue weighted by atomic mass is 16.3. The molecular weight excluding hydrogens is 516 g/mol. The van der Waals surface area contributed by atoms with Crippen LogP contribution < -0.4 is 16.0 Å². The van der Waals surface area contributed by atoms with Crippen molar-refractivity contribution in [3.63, 3.8) is 0 Å². The number of hydrogen-bond donors (Lipinski definition) is 4. The van der Waals surface area contributed by atoms with E-state index in [-0.39, 0.29) is 23.5 Å². The van der Waals surface area contributed by atoms with Crippen molar-refractivity contribution < 1.29 is 19.5 Å². The van der Waals surface area contributed by atoms with Gasteiger partial charge in [-0.3, -0.25) is 14.4 Å². The number of amides is 3. The van der Waals surface area contributed by atoms with Crippen LogP contribution in [-0.4, -0.2) is 59.4 Å². The smallest absolute Gasteiger partial charge is 0.243 e. The van der Waals surface area contributed by atoms with Gasteiger partial charge in [-0.05, 0) is 59.8 Å². The van der Waals surface area contributed by atoms with E-state index in [1.807, 2.05) is 63.2 Å². The zero-order valence-electron chi connectivity index (χ0n) is 24.3. The van der Waals surface area contributed by atoms with Crippen LogP contribution in [0, 0.1) is 5.41 Å². The second-order valence-corrected chi connectivity index (χ2v) is 11.8. The van der Waals surface area contributed by atoms with Gasteiger partial charge in [0.1, 0.15) is 17.8 Å². The van der Waals surface area contributed by atoms with Crippen LogP contribution >= 0.6 is 0 Å². The van der Waals surface area contributed by atoms with Crippen molar-refractivity contribution in [3.05, 3.63) is 77.9 Å². The Morgan fingerprint density at radius 2 is 1.73 bits per heavy atom. The van der Waals surface area contributed by atoms with Crippen LogP contribution in [0.4, 0.5) is 0 Å². The maximum absolute atomic E-state index is 13.5. The van der Waals surface area contributed by atoms with Gasteiger partial charge in [0.25, 0.3) is 0 Å². The number of likely N-dealkylation sites (tertiary alicyclic amines) is 1. The Hall–Kier alpha value is -3.91. The Labute approximate surface area is 242 Å². The highest BCUT2D eigenvalue weighted by molar-refractivity contribution is 5.93. The summed E-state index contributed by atoms with van der Waals surface area (Å²) in [6, 6.07) is 19.9. The van der Waals surface area contributed by atoms with E-state index in [4.69, 9.17) is 0 Å². The number of benzene rings is 3. The fourth-order valence-electron chi connectivity index (χ4n) is 5.24. The van der Waals surface area contributed by atoms with Crippen LogP contribution in [0.5, 0.6) is 5.75 Å². The lowest BCUT2D eigenvalue weighted by Gasteiger charge is -2.31. The predicted molar refractivity (Wildman–Crippen MR) is 161 cm³/mol. The maximum atomic E-state index is 13.5. The Morgan fingerprint density at radius 1 is 0.951 bits per heavy atom. The van der Waals surface area contributed by atoms with E-state index < -0.39 is 17.5 Å². The molecule has 0 aromatic heterocycles. The van der Waals surface area contributed by atoms with E-state index in [9.17, 15) is 19.5 Å². The van der Waals surface area contributed by atoms with Gasteiger partial charge in [-0.15, -0.1) is 0 Å². The SMILES string of the molecule is CC(C)(C)C(=O)N1CCC[C@H]1C(=O)N[C@H](Cc1ccc2ccccc2c1)C(=O)NCCCNCc1cccc(O)c1. The van der Waals surface area contributed by atoms with Gasteiger partial charge in [0, 0.05) is 31.5 Å². The van der Waals surface area contributed by atoms with Crippen molar-refractivity contribution >= 4 is 28.5 Å². The van der Waals surface area contributed by atoms with E-state index in [1.165, 1.54) is 0 Å². The van der Waals surface area contributed by atoms with Crippen molar-refractivity contribution in [1.29, 1.82) is 0 Å². The molecule has 8 nitrogen and oxygen atoms in total. The minimum absolute atomic E-state index is 0.0519. The standard InChI is InChI=1S/C33H42N4O4/c1-33(2,3)32(41)37-18-7-13-29(37)31(40)36-28(21-23-14-15-25-10-4-5-11-26(25)19-23)30(39)35-17-8-16-34-22-24-9-6-12-27(38)20-24/h4-6,9-12,14-15,19-20,28-29,34,38H,7-8,13,16-18,21-22H2,1-3H3,(H,35,39)(H,36,40)/t28-,29+/m1/s1. The molecule has 3 aromatic carbocycles. The largest absolute Gasteiger partial charge is 0.508 e. The molecule has 3 aromatic rings. The van der Waals surface area contributed by atoms with Crippen LogP contribution in [0.1, 0.15) is 51.2 Å². The van der Waals surface area contributed by atoms with E-state index in [0.29, 0.717) is 45.4 Å². The molecule has 0 spiro atoms. The number of phenols is 1. The first-order valence-corrected chi connectivity index (χ1v) is 14.5. The fraction of sp³-hybridized carbons (Fsp3) is 0.424. The highest BCUT2D eigenvalue weighted by Gasteiger charge is 2.39. The number of nitrogens with zero attached hydrogens (tertiary/aromatic N) is 1. The topological polar surface area (TPSA) is 111 Å². The quantitative estimate of drug-likeness (QED) is 0.267. The minimum atomic E-state index is -0.767. The Morgan fingerprint density at radius 3 is 2.49 bits per heavy atom. The molecule has 1 heterocycles. The Bertz CT molecular complexity index is 1370. The summed E-state index contributed by atoms with van der Waals surface area (Å²) in [7, 11) is 0. The molecule has 0 bridgehead atoms. The molecule has 8 heteroatoms. The number of fused-ring (bicyclic) bond motifs is 1. The molecule has 41 heavy (non-hydrogen) atoms. The van der Waals surface area contributed by atoms with Crippen molar-refractivity contribution in [2.45, 2.75) is 65.1 Å². The zero-order chi connectivity index (χ0) is 29.4. The number of rotatable bonds is 11. The summed E-state index contributed by atoms with van der Waals surface area (Å²) in [6.07, 6.45) is 2.40. The monoisotopic (exact) mass is 558 g/mol. The number of carbonyl (C=O) groups is 3. The third-order valence-corrected chi connectivity index (χ3v) is 7.41. The average Bonchev–Trinajstić information content (AvgIpc) is 3.43. The average molecular weight is 559 g/mol. The lowest BCUT2D eigenvalue weighted by Crippen LogP contribution is -2.55. The normalized spacial score (nSPS) is 16.0. The number of hydrogen-bond acceptors (Lipinski definition) is 5. The molecule has 1 saturated heterocycles. The van der Waals surface area contributed by atoms with Gasteiger partial charge < -0.3 is 26.0 Å². The van der Waals surface area contributed by atoms with Gasteiger partial charge in [0.05, 0.1) is 0 Å². The lowest BCUT2D eigenvalue weighted by atomic mass is 9.94. The highest BCUT2D eigenvalue weighted by Crippen LogP contribution is 2.26. The molecule has 3 amide bonds. The minimum Gasteiger partial charge on any atom is -0.508 e. The molecule has 218 valence electrons. The van der Waals surface area contributed by atoms with Gasteiger partial charge in [0.2, 0.25) is 17.7 Å². The molecule has 2 atom stereocenters. The number of phenolic OH excluding ortho intramolecular Hbond substituents is 1. The molecule has 4 rings (SSSR count). The van der Waals surface area contributed by atoms with Crippen LogP contribution in [0.25, 0.3) is 10.8 Å². The van der Waals surface area contributed by atoms with Crippen LogP contribution in [0.3, 0.4) is 0 Å². The van der Waals surface area contributed by atoms with E-state index in [0.717, 1.165) is 28.3 Å². The van der Waals surface area contributed by atoms with E-state index in [2.05, 4.69) is 22.0 Å². The van der Waals surface area contributed by atoms with Gasteiger partial charge in [-0.25, -0.2) is 0 Å². The van der Waals surface area contributed by atoms with Crippen LogP contribution in [0.2, 0.25) is 0 Å². The number of aromatic hydroxyl groups is 1. The van der Waals surface area contributed by atoms with Gasteiger partial charge >= 0.3 is 0 Å². The Kier molecular flexibility index (Phi) is 10.00. The first kappa shape index (κ1) is 30.1. The first-order valence-electron chi connectivity index (χ1n) is 14.5. The molecular formula is C33H42N4O4. The Balaban J connectivity index is 1.38. The fourth-order valence-corrected chi connectivity index (χ4v) is 5.24. The van der Waals surface area contributed by atoms with Gasteiger partial charge in [-0.1, -0.05) is 75.4 Å². The van der Waals surface area contributed by atoms with Crippen molar-refractivity contribution in [2.24, 2.45) is 5.41 Å². The summed E-state index contributed by atoms with van der Waals surface area (Å²) in [5.41, 5.74) is 1.35. The predicted octanol–water partition coefficient (Wildman–Crippen LogP) is 3.91. The second-order valence-electron chi connectivity index (χ2n) is 11.8. The molecule has 1 fully saturated rings. The van der Waals surface area contributed by atoms with Crippen LogP contribution in [-0.2, 0) is 27.3 Å². The van der Waals surface area contributed by atoms with Gasteiger partial charge in [0.15, 0.2) is 0 Å². The van der Waals surface area contributed by atoms with Crippen LogP contribution in [0.15, 0.2) is 66.7 Å². The van der Waals surface area contributed by atoms with Crippen molar-refractivity contribution in [2.75, 3.05) is 19.6 Å². The third-order valence-electron chi connectivity index (χ3n) is 7.41. The summed E-state index contributed by atoms with van der Waals surface area (Å²) < 4.78 is 0. The molecule has 0 unspecified atom stereocenters. The number of carbonyl (C=O) groups excluding carboxylic acids is 3. The van der Waals surface area contributed by atoms with Crippen molar-refractivity contribution in [1.82, 2.24) is 20.9 Å². The van der Waals surface area contributed by atoms with Crippen molar-refractivity contribution in [3.8, 4) is 5.75 Å². The molecule has 1 aliphatic heterocycles. The zero-order valence-corrected chi connectivity index (χ0v) is 24.3. The first-order chi connectivity index (χ1) is 19.6. The third kappa shape index (κ3) is 8.30. The summed E-state index contributed by atoms with van der Waals surface area (Å²) in [5, 5.41) is 21.1. The second kappa shape index (κ2) is 13.6. The lowest BCUT2D eigenvalue weighted by molar-refractivity contribution is -0.145. The summed E-state index contributed by atoms with van der Waals surface area (Å²) >= 11 is 0. The van der Waals surface area contributed by atoms with Gasteiger partial charge in [-0.2, -0.15) is 0 Å². The summed E-state index contributed by atoms with van der Waals surface area (Å²) in [6.45, 7) is 7.88. The van der Waals surface area contributed by atoms with E-state index in [1.54, 1.807) is 23.1 Å². The maximum Gasteiger partial charge on any atom is 0.243 e. The summed E-state index contributed by atoms with van der Waals surface area (Å²) in [4.78, 5) is 41.5. The molecule has 0 aliphatic carbocycles. The summed E-state index contributed by atoms with van der Waals surface area (Å²) in [5.74, 6) is -0.344. The molecule has 0 saturated carbocycles. The van der Waals surface area contributed by atoms with E-state index >= 15 is 0 Å². The molecule has 4 N–H and O–H groups in total. The number of nitrogens with one attached hydrogen (secondary N) is 3. The molecule has 0 radical (unpaired) electrons. The molecule has 1 aliphatic rings.